The van der Waals surface area contributed by atoms with Crippen LogP contribution in [0.1, 0.15) is 25.7 Å². The van der Waals surface area contributed by atoms with E-state index < -0.39 is 0 Å². The molecule has 1 fully saturated rings. The average Bonchev–Trinajstić information content (AvgIpc) is 2.99. The fourth-order valence-electron chi connectivity index (χ4n) is 2.85. The van der Waals surface area contributed by atoms with Crippen LogP contribution in [0.5, 0.6) is 0 Å². The number of hydrogen-bond acceptors (Lipinski definition) is 7. The second-order valence-corrected chi connectivity index (χ2v) is 5.52. The van der Waals surface area contributed by atoms with Crippen molar-refractivity contribution in [1.29, 1.82) is 5.53 Å². The highest BCUT2D eigenvalue weighted by Crippen LogP contribution is 2.15. The SMILES string of the molecule is N=NNC1CCN(C(=O)CCC2NC=CN2CCN=O)CC1. The van der Waals surface area contributed by atoms with Crippen molar-refractivity contribution in [3.05, 3.63) is 17.3 Å². The van der Waals surface area contributed by atoms with Crippen LogP contribution in [0.3, 0.4) is 0 Å². The fourth-order valence-corrected chi connectivity index (χ4v) is 2.85. The van der Waals surface area contributed by atoms with E-state index in [1.165, 1.54) is 0 Å². The van der Waals surface area contributed by atoms with Crippen LogP contribution >= 0.6 is 0 Å². The molecule has 1 amide bonds. The van der Waals surface area contributed by atoms with Gasteiger partial charge in [0, 0.05) is 44.5 Å². The minimum absolute atomic E-state index is 0.0621. The van der Waals surface area contributed by atoms with Crippen molar-refractivity contribution in [2.24, 2.45) is 10.4 Å². The molecule has 0 saturated carbocycles. The Hall–Kier alpha value is -2.19. The first-order chi connectivity index (χ1) is 10.7. The molecule has 1 saturated heterocycles. The zero-order chi connectivity index (χ0) is 15.8. The van der Waals surface area contributed by atoms with Crippen molar-refractivity contribution >= 4 is 5.91 Å². The number of piperidine rings is 1. The lowest BCUT2D eigenvalue weighted by atomic mass is 10.1. The van der Waals surface area contributed by atoms with Gasteiger partial charge in [0.1, 0.15) is 0 Å². The number of likely N-dealkylation sites (tertiary alicyclic amines) is 1. The quantitative estimate of drug-likeness (QED) is 0.348. The number of nitrogens with zero attached hydrogens (tertiary/aromatic N) is 4. The maximum atomic E-state index is 12.2. The molecular weight excluding hydrogens is 286 g/mol. The summed E-state index contributed by atoms with van der Waals surface area (Å²) >= 11 is 0. The Morgan fingerprint density at radius 2 is 2.18 bits per heavy atom. The number of rotatable bonds is 8. The summed E-state index contributed by atoms with van der Waals surface area (Å²) in [5.41, 5.74) is 9.53. The summed E-state index contributed by atoms with van der Waals surface area (Å²) in [6.45, 7) is 2.24. The first kappa shape index (κ1) is 16.2. The summed E-state index contributed by atoms with van der Waals surface area (Å²) in [7, 11) is 0. The van der Waals surface area contributed by atoms with Gasteiger partial charge in [-0.3, -0.25) is 10.2 Å². The second kappa shape index (κ2) is 8.30. The maximum absolute atomic E-state index is 12.2. The number of nitroso groups, excluding NO2 is 1. The van der Waals surface area contributed by atoms with Crippen molar-refractivity contribution in [3.8, 4) is 0 Å². The van der Waals surface area contributed by atoms with E-state index in [1.807, 2.05) is 22.2 Å². The molecule has 2 rings (SSSR count). The third kappa shape index (κ3) is 4.40. The summed E-state index contributed by atoms with van der Waals surface area (Å²) < 4.78 is 0. The van der Waals surface area contributed by atoms with Crippen LogP contribution in [0, 0.1) is 10.4 Å². The van der Waals surface area contributed by atoms with Crippen LogP contribution < -0.4 is 10.7 Å². The molecule has 0 bridgehead atoms. The van der Waals surface area contributed by atoms with Gasteiger partial charge >= 0.3 is 0 Å². The molecule has 0 aromatic heterocycles. The monoisotopic (exact) mass is 309 g/mol. The first-order valence-electron chi connectivity index (χ1n) is 7.62. The van der Waals surface area contributed by atoms with Crippen molar-refractivity contribution in [2.45, 2.75) is 37.9 Å². The molecule has 0 aliphatic carbocycles. The molecule has 1 atom stereocenters. The Morgan fingerprint density at radius 3 is 2.86 bits per heavy atom. The molecule has 9 heteroatoms. The minimum Gasteiger partial charge on any atom is -0.370 e. The molecule has 0 aromatic rings. The number of carbonyl (C=O) groups is 1. The zero-order valence-electron chi connectivity index (χ0n) is 12.6. The molecule has 9 nitrogen and oxygen atoms in total. The lowest BCUT2D eigenvalue weighted by Crippen LogP contribution is -2.44. The van der Waals surface area contributed by atoms with Gasteiger partial charge in [-0.1, -0.05) is 10.4 Å². The van der Waals surface area contributed by atoms with Crippen molar-refractivity contribution in [2.75, 3.05) is 26.2 Å². The van der Waals surface area contributed by atoms with E-state index >= 15 is 0 Å². The summed E-state index contributed by atoms with van der Waals surface area (Å²) in [4.78, 5) is 26.3. The Bertz CT molecular complexity index is 421. The van der Waals surface area contributed by atoms with Gasteiger partial charge in [0.2, 0.25) is 5.91 Å². The number of carbonyl (C=O) groups excluding carboxylic acids is 1. The highest BCUT2D eigenvalue weighted by Gasteiger charge is 2.24. The Kier molecular flexibility index (Phi) is 6.11. The lowest BCUT2D eigenvalue weighted by Gasteiger charge is -2.32. The largest absolute Gasteiger partial charge is 0.370 e. The predicted molar refractivity (Wildman–Crippen MR) is 80.6 cm³/mol. The number of amides is 1. The molecule has 0 aromatic carbocycles. The van der Waals surface area contributed by atoms with Crippen LogP contribution in [-0.4, -0.2) is 54.1 Å². The highest BCUT2D eigenvalue weighted by atomic mass is 16.3. The third-order valence-corrected chi connectivity index (χ3v) is 4.13. The Balaban J connectivity index is 1.69. The standard InChI is InChI=1S/C13H23N7O2/c14-18-17-11-3-7-20(8-4-11)13(21)2-1-12-15-5-9-19(12)10-6-16-22/h5,9,11-12,15H,1-4,6-8,10H2,(H2,14,17). The van der Waals surface area contributed by atoms with Gasteiger partial charge in [-0.15, -0.1) is 0 Å². The fraction of sp³-hybridized carbons (Fsp3) is 0.769. The van der Waals surface area contributed by atoms with Crippen molar-refractivity contribution in [3.63, 3.8) is 0 Å². The molecule has 2 aliphatic rings. The van der Waals surface area contributed by atoms with E-state index in [4.69, 9.17) is 5.53 Å². The summed E-state index contributed by atoms with van der Waals surface area (Å²) in [6, 6.07) is 0.202. The van der Waals surface area contributed by atoms with E-state index in [0.717, 1.165) is 12.8 Å². The van der Waals surface area contributed by atoms with Gasteiger partial charge in [-0.25, -0.2) is 0 Å². The highest BCUT2D eigenvalue weighted by molar-refractivity contribution is 5.76. The van der Waals surface area contributed by atoms with Gasteiger partial charge < -0.3 is 15.1 Å². The molecule has 2 aliphatic heterocycles. The van der Waals surface area contributed by atoms with Gasteiger partial charge in [-0.05, 0) is 19.3 Å². The third-order valence-electron chi connectivity index (χ3n) is 4.13. The molecule has 3 N–H and O–H groups in total. The molecule has 0 radical (unpaired) electrons. The topological polar surface area (TPSA) is 113 Å². The average molecular weight is 309 g/mol. The van der Waals surface area contributed by atoms with Crippen LogP contribution in [0.15, 0.2) is 22.8 Å². The number of hydrogen-bond donors (Lipinski definition) is 3. The maximum Gasteiger partial charge on any atom is 0.222 e. The van der Waals surface area contributed by atoms with Crippen LogP contribution in [0.2, 0.25) is 0 Å². The predicted octanol–water partition coefficient (Wildman–Crippen LogP) is 0.762. The Labute approximate surface area is 129 Å². The van der Waals surface area contributed by atoms with E-state index in [9.17, 15) is 9.70 Å². The van der Waals surface area contributed by atoms with Gasteiger partial charge in [0.15, 0.2) is 0 Å². The molecule has 22 heavy (non-hydrogen) atoms. The molecule has 1 unspecified atom stereocenters. The van der Waals surface area contributed by atoms with Crippen LogP contribution in [0.25, 0.3) is 0 Å². The number of nitrogens with one attached hydrogen (secondary N) is 3. The normalized spacial score (nSPS) is 21.5. The molecule has 2 heterocycles. The van der Waals surface area contributed by atoms with Crippen LogP contribution in [0.4, 0.5) is 0 Å². The zero-order valence-corrected chi connectivity index (χ0v) is 12.6. The molecule has 122 valence electrons. The van der Waals surface area contributed by atoms with Gasteiger partial charge in [0.25, 0.3) is 0 Å². The Morgan fingerprint density at radius 1 is 1.41 bits per heavy atom. The van der Waals surface area contributed by atoms with Crippen molar-refractivity contribution < 1.29 is 4.79 Å². The second-order valence-electron chi connectivity index (χ2n) is 5.52. The smallest absolute Gasteiger partial charge is 0.222 e. The van der Waals surface area contributed by atoms with E-state index in [2.05, 4.69) is 21.1 Å². The summed E-state index contributed by atoms with van der Waals surface area (Å²) in [6.07, 6.45) is 6.62. The molecular formula is C13H23N7O2. The summed E-state index contributed by atoms with van der Waals surface area (Å²) in [5, 5.41) is 9.25. The van der Waals surface area contributed by atoms with Crippen LogP contribution in [-0.2, 0) is 4.79 Å². The van der Waals surface area contributed by atoms with Gasteiger partial charge in [0.05, 0.1) is 12.7 Å². The summed E-state index contributed by atoms with van der Waals surface area (Å²) in [5.74, 6) is 0.156. The lowest BCUT2D eigenvalue weighted by molar-refractivity contribution is -0.132. The van der Waals surface area contributed by atoms with E-state index in [-0.39, 0.29) is 24.7 Å². The van der Waals surface area contributed by atoms with Gasteiger partial charge in [-0.2, -0.15) is 10.4 Å². The van der Waals surface area contributed by atoms with E-state index in [1.54, 1.807) is 0 Å². The molecule has 0 spiro atoms. The van der Waals surface area contributed by atoms with E-state index in [0.29, 0.717) is 32.5 Å². The first-order valence-corrected chi connectivity index (χ1v) is 7.62. The minimum atomic E-state index is 0.0621. The van der Waals surface area contributed by atoms with Crippen molar-refractivity contribution in [1.82, 2.24) is 20.5 Å².